The Bertz CT molecular complexity index is 937. The number of fused-ring (bicyclic) bond motifs is 3. The fraction of sp³-hybridized carbons (Fsp3) is 0.100. The van der Waals surface area contributed by atoms with E-state index in [2.05, 4.69) is 25.1 Å². The molecule has 0 aliphatic carbocycles. The summed E-state index contributed by atoms with van der Waals surface area (Å²) in [5.74, 6) is 0.146. The summed E-state index contributed by atoms with van der Waals surface area (Å²) in [7, 11) is 0. The summed E-state index contributed by atoms with van der Waals surface area (Å²) >= 11 is 0. The number of aryl methyl sites for hydroxylation is 1. The van der Waals surface area contributed by atoms with Crippen molar-refractivity contribution < 1.29 is 4.79 Å². The van der Waals surface area contributed by atoms with Gasteiger partial charge in [0.2, 0.25) is 0 Å². The van der Waals surface area contributed by atoms with Crippen molar-refractivity contribution in [3.05, 3.63) is 77.4 Å². The monoisotopic (exact) mass is 285 g/mol. The summed E-state index contributed by atoms with van der Waals surface area (Å²) < 4.78 is 0. The standard InChI is InChI=1S/C20H15NO/c1-13-5-4-7-15(11-13)18-12-19(22)17-10-9-14-6-2-3-8-16(14)20(17)21-18/h2-11H,12H2,1H3. The SMILES string of the molecule is Cc1cccc(C2=Nc3c(ccc4ccccc34)C(=O)C2)c1. The maximum absolute atomic E-state index is 12.5. The Morgan fingerprint density at radius 2 is 1.82 bits per heavy atom. The molecule has 0 spiro atoms. The van der Waals surface area contributed by atoms with Crippen molar-refractivity contribution in [1.29, 1.82) is 0 Å². The fourth-order valence-corrected chi connectivity index (χ4v) is 3.01. The molecule has 3 aromatic rings. The normalized spacial score (nSPS) is 13.9. The Kier molecular flexibility index (Phi) is 2.90. The molecule has 0 radical (unpaired) electrons. The third kappa shape index (κ3) is 2.04. The van der Waals surface area contributed by atoms with Crippen molar-refractivity contribution in [2.24, 2.45) is 4.99 Å². The van der Waals surface area contributed by atoms with Crippen LogP contribution in [0.25, 0.3) is 10.8 Å². The minimum atomic E-state index is 0.146. The molecule has 0 saturated carbocycles. The van der Waals surface area contributed by atoms with Crippen LogP contribution in [0.5, 0.6) is 0 Å². The lowest BCUT2D eigenvalue weighted by Crippen LogP contribution is -2.14. The molecule has 1 aliphatic rings. The van der Waals surface area contributed by atoms with E-state index in [1.54, 1.807) is 0 Å². The van der Waals surface area contributed by atoms with Gasteiger partial charge >= 0.3 is 0 Å². The highest BCUT2D eigenvalue weighted by Crippen LogP contribution is 2.35. The van der Waals surface area contributed by atoms with Gasteiger partial charge in [-0.15, -0.1) is 0 Å². The summed E-state index contributed by atoms with van der Waals surface area (Å²) in [5, 5.41) is 2.15. The van der Waals surface area contributed by atoms with Crippen molar-refractivity contribution >= 4 is 28.0 Å². The second-order valence-electron chi connectivity index (χ2n) is 5.71. The van der Waals surface area contributed by atoms with Crippen LogP contribution >= 0.6 is 0 Å². The number of hydrogen-bond donors (Lipinski definition) is 0. The van der Waals surface area contributed by atoms with Gasteiger partial charge in [-0.1, -0.05) is 60.2 Å². The van der Waals surface area contributed by atoms with E-state index in [-0.39, 0.29) is 5.78 Å². The summed E-state index contributed by atoms with van der Waals surface area (Å²) in [6, 6.07) is 20.1. The highest BCUT2D eigenvalue weighted by molar-refractivity contribution is 6.23. The molecule has 3 aromatic carbocycles. The molecule has 0 amide bonds. The molecule has 0 atom stereocenters. The van der Waals surface area contributed by atoms with Crippen LogP contribution in [0.1, 0.15) is 27.9 Å². The lowest BCUT2D eigenvalue weighted by atomic mass is 9.93. The minimum absolute atomic E-state index is 0.146. The fourth-order valence-electron chi connectivity index (χ4n) is 3.01. The van der Waals surface area contributed by atoms with Crippen LogP contribution in [-0.4, -0.2) is 11.5 Å². The van der Waals surface area contributed by atoms with Crippen LogP contribution in [0, 0.1) is 6.92 Å². The van der Waals surface area contributed by atoms with Gasteiger partial charge in [0.25, 0.3) is 0 Å². The van der Waals surface area contributed by atoms with Gasteiger partial charge in [-0.25, -0.2) is 0 Å². The van der Waals surface area contributed by atoms with Crippen molar-refractivity contribution in [2.75, 3.05) is 0 Å². The number of Topliss-reactive ketones (excluding diaryl/α,β-unsaturated/α-hetero) is 1. The number of ketones is 1. The molecule has 106 valence electrons. The van der Waals surface area contributed by atoms with E-state index in [0.717, 1.165) is 33.3 Å². The van der Waals surface area contributed by atoms with Crippen LogP contribution < -0.4 is 0 Å². The van der Waals surface area contributed by atoms with E-state index in [0.29, 0.717) is 6.42 Å². The molecule has 2 heteroatoms. The third-order valence-electron chi connectivity index (χ3n) is 4.13. The molecule has 1 heterocycles. The van der Waals surface area contributed by atoms with Gasteiger partial charge in [-0.05, 0) is 23.9 Å². The van der Waals surface area contributed by atoms with Crippen LogP contribution in [0.2, 0.25) is 0 Å². The first-order chi connectivity index (χ1) is 10.7. The largest absolute Gasteiger partial charge is 0.294 e. The van der Waals surface area contributed by atoms with Gasteiger partial charge in [-0.3, -0.25) is 9.79 Å². The van der Waals surface area contributed by atoms with Crippen LogP contribution in [0.3, 0.4) is 0 Å². The first kappa shape index (κ1) is 13.0. The number of nitrogens with zero attached hydrogens (tertiary/aromatic N) is 1. The first-order valence-corrected chi connectivity index (χ1v) is 7.42. The van der Waals surface area contributed by atoms with E-state index in [1.807, 2.05) is 42.5 Å². The predicted molar refractivity (Wildman–Crippen MR) is 90.3 cm³/mol. The second-order valence-corrected chi connectivity index (χ2v) is 5.71. The van der Waals surface area contributed by atoms with E-state index in [9.17, 15) is 4.79 Å². The van der Waals surface area contributed by atoms with Gasteiger partial charge in [0.15, 0.2) is 5.78 Å². The Balaban J connectivity index is 1.97. The van der Waals surface area contributed by atoms with E-state index in [4.69, 9.17) is 4.99 Å². The molecule has 2 nitrogen and oxygen atoms in total. The van der Waals surface area contributed by atoms with Crippen molar-refractivity contribution in [3.63, 3.8) is 0 Å². The van der Waals surface area contributed by atoms with Gasteiger partial charge in [0, 0.05) is 10.9 Å². The molecule has 0 N–H and O–H groups in total. The number of aliphatic imine (C=N–C) groups is 1. The minimum Gasteiger partial charge on any atom is -0.294 e. The van der Waals surface area contributed by atoms with E-state index < -0.39 is 0 Å². The molecule has 0 aromatic heterocycles. The molecule has 22 heavy (non-hydrogen) atoms. The summed E-state index contributed by atoms with van der Waals surface area (Å²) in [6.07, 6.45) is 0.370. The Morgan fingerprint density at radius 1 is 0.955 bits per heavy atom. The van der Waals surface area contributed by atoms with Crippen LogP contribution in [-0.2, 0) is 0 Å². The van der Waals surface area contributed by atoms with Crippen molar-refractivity contribution in [3.8, 4) is 0 Å². The molecular formula is C20H15NO. The number of carbonyl (C=O) groups is 1. The highest BCUT2D eigenvalue weighted by atomic mass is 16.1. The van der Waals surface area contributed by atoms with Gasteiger partial charge in [0.05, 0.1) is 17.8 Å². The molecule has 0 bridgehead atoms. The Hall–Kier alpha value is -2.74. The average Bonchev–Trinajstić information content (AvgIpc) is 2.54. The Morgan fingerprint density at radius 3 is 2.68 bits per heavy atom. The summed E-state index contributed by atoms with van der Waals surface area (Å²) in [6.45, 7) is 2.05. The highest BCUT2D eigenvalue weighted by Gasteiger charge is 2.22. The van der Waals surface area contributed by atoms with Gasteiger partial charge in [-0.2, -0.15) is 0 Å². The molecular weight excluding hydrogens is 270 g/mol. The third-order valence-corrected chi connectivity index (χ3v) is 4.13. The zero-order chi connectivity index (χ0) is 15.1. The molecule has 0 saturated heterocycles. The lowest BCUT2D eigenvalue weighted by molar-refractivity contribution is 0.1000. The van der Waals surface area contributed by atoms with E-state index >= 15 is 0 Å². The number of hydrogen-bond acceptors (Lipinski definition) is 2. The van der Waals surface area contributed by atoms with E-state index in [1.165, 1.54) is 5.56 Å². The smallest absolute Gasteiger partial charge is 0.171 e. The zero-order valence-corrected chi connectivity index (χ0v) is 12.3. The number of carbonyl (C=O) groups excluding carboxylic acids is 1. The quantitative estimate of drug-likeness (QED) is 0.628. The average molecular weight is 285 g/mol. The summed E-state index contributed by atoms with van der Waals surface area (Å²) in [5.41, 5.74) is 4.61. The molecule has 4 rings (SSSR count). The van der Waals surface area contributed by atoms with Gasteiger partial charge < -0.3 is 0 Å². The lowest BCUT2D eigenvalue weighted by Gasteiger charge is -2.17. The van der Waals surface area contributed by atoms with Crippen molar-refractivity contribution in [1.82, 2.24) is 0 Å². The topological polar surface area (TPSA) is 29.4 Å². The predicted octanol–water partition coefficient (Wildman–Crippen LogP) is 4.86. The summed E-state index contributed by atoms with van der Waals surface area (Å²) in [4.78, 5) is 17.3. The Labute approximate surface area is 129 Å². The molecule has 1 aliphatic heterocycles. The maximum Gasteiger partial charge on any atom is 0.171 e. The maximum atomic E-state index is 12.5. The van der Waals surface area contributed by atoms with Crippen LogP contribution in [0.4, 0.5) is 5.69 Å². The second kappa shape index (κ2) is 4.92. The molecule has 0 unspecified atom stereocenters. The zero-order valence-electron chi connectivity index (χ0n) is 12.3. The van der Waals surface area contributed by atoms with Gasteiger partial charge in [0.1, 0.15) is 0 Å². The number of rotatable bonds is 1. The number of benzene rings is 3. The first-order valence-electron chi connectivity index (χ1n) is 7.42. The van der Waals surface area contributed by atoms with Crippen LogP contribution in [0.15, 0.2) is 65.7 Å². The van der Waals surface area contributed by atoms with Crippen molar-refractivity contribution in [2.45, 2.75) is 13.3 Å². The molecule has 0 fully saturated rings.